The van der Waals surface area contributed by atoms with Crippen molar-refractivity contribution in [2.45, 2.75) is 19.8 Å². The van der Waals surface area contributed by atoms with Gasteiger partial charge in [-0.2, -0.15) is 0 Å². The Bertz CT molecular complexity index is 465. The van der Waals surface area contributed by atoms with Crippen LogP contribution in [-0.4, -0.2) is 23.6 Å². The molecule has 1 N–H and O–H groups in total. The number of rotatable bonds is 5. The van der Waals surface area contributed by atoms with Gasteiger partial charge in [0.05, 0.1) is 5.69 Å². The molecule has 0 amide bonds. The van der Waals surface area contributed by atoms with E-state index in [2.05, 4.69) is 22.2 Å². The molecule has 2 rings (SSSR count). The first-order chi connectivity index (χ1) is 8.31. The Morgan fingerprint density at radius 3 is 2.76 bits per heavy atom. The lowest BCUT2D eigenvalue weighted by Crippen LogP contribution is -2.08. The van der Waals surface area contributed by atoms with Gasteiger partial charge in [0.15, 0.2) is 0 Å². The summed E-state index contributed by atoms with van der Waals surface area (Å²) < 4.78 is 0. The third-order valence-electron chi connectivity index (χ3n) is 2.65. The SMILES string of the molecule is CNCCCc1sc(-c2ccncc2)nc1C. The fourth-order valence-corrected chi connectivity index (χ4v) is 2.81. The van der Waals surface area contributed by atoms with E-state index >= 15 is 0 Å². The quantitative estimate of drug-likeness (QED) is 0.825. The Kier molecular flexibility index (Phi) is 4.23. The van der Waals surface area contributed by atoms with Gasteiger partial charge in [-0.15, -0.1) is 11.3 Å². The van der Waals surface area contributed by atoms with Crippen molar-refractivity contribution >= 4 is 11.3 Å². The highest BCUT2D eigenvalue weighted by molar-refractivity contribution is 7.15. The Morgan fingerprint density at radius 1 is 1.29 bits per heavy atom. The average molecular weight is 247 g/mol. The van der Waals surface area contributed by atoms with Crippen molar-refractivity contribution in [1.82, 2.24) is 15.3 Å². The van der Waals surface area contributed by atoms with E-state index in [9.17, 15) is 0 Å². The van der Waals surface area contributed by atoms with E-state index in [1.807, 2.05) is 31.6 Å². The molecule has 2 aromatic heterocycles. The molecular weight excluding hydrogens is 230 g/mol. The smallest absolute Gasteiger partial charge is 0.123 e. The van der Waals surface area contributed by atoms with Crippen molar-refractivity contribution in [3.63, 3.8) is 0 Å². The van der Waals surface area contributed by atoms with Gasteiger partial charge in [0.2, 0.25) is 0 Å². The Hall–Kier alpha value is -1.26. The van der Waals surface area contributed by atoms with Crippen LogP contribution in [0.3, 0.4) is 0 Å². The molecule has 0 radical (unpaired) electrons. The normalized spacial score (nSPS) is 10.7. The maximum absolute atomic E-state index is 4.63. The highest BCUT2D eigenvalue weighted by Gasteiger charge is 2.08. The average Bonchev–Trinajstić information content (AvgIpc) is 2.73. The van der Waals surface area contributed by atoms with E-state index in [-0.39, 0.29) is 0 Å². The first-order valence-electron chi connectivity index (χ1n) is 5.82. The zero-order chi connectivity index (χ0) is 12.1. The summed E-state index contributed by atoms with van der Waals surface area (Å²) in [5.74, 6) is 0. The molecule has 0 unspecified atom stereocenters. The standard InChI is InChI=1S/C13H17N3S/c1-10-12(4-3-7-14-2)17-13(16-10)11-5-8-15-9-6-11/h5-6,8-9,14H,3-4,7H2,1-2H3. The maximum Gasteiger partial charge on any atom is 0.123 e. The van der Waals surface area contributed by atoms with Gasteiger partial charge in [0.1, 0.15) is 5.01 Å². The molecule has 0 saturated carbocycles. The zero-order valence-electron chi connectivity index (χ0n) is 10.2. The highest BCUT2D eigenvalue weighted by atomic mass is 32.1. The van der Waals surface area contributed by atoms with Gasteiger partial charge in [-0.3, -0.25) is 4.98 Å². The third-order valence-corrected chi connectivity index (χ3v) is 3.92. The van der Waals surface area contributed by atoms with Crippen LogP contribution in [0.1, 0.15) is 17.0 Å². The van der Waals surface area contributed by atoms with Crippen molar-refractivity contribution in [3.8, 4) is 10.6 Å². The van der Waals surface area contributed by atoms with Crippen LogP contribution in [0.5, 0.6) is 0 Å². The van der Waals surface area contributed by atoms with Crippen LogP contribution in [0.2, 0.25) is 0 Å². The minimum Gasteiger partial charge on any atom is -0.320 e. The van der Waals surface area contributed by atoms with Crippen molar-refractivity contribution in [1.29, 1.82) is 0 Å². The van der Waals surface area contributed by atoms with Crippen molar-refractivity contribution in [2.24, 2.45) is 0 Å². The summed E-state index contributed by atoms with van der Waals surface area (Å²) in [4.78, 5) is 10.1. The van der Waals surface area contributed by atoms with Gasteiger partial charge in [-0.1, -0.05) is 0 Å². The summed E-state index contributed by atoms with van der Waals surface area (Å²) in [5, 5.41) is 4.27. The lowest BCUT2D eigenvalue weighted by molar-refractivity contribution is 0.727. The van der Waals surface area contributed by atoms with Crippen LogP contribution in [0, 0.1) is 6.92 Å². The first-order valence-corrected chi connectivity index (χ1v) is 6.64. The lowest BCUT2D eigenvalue weighted by atomic mass is 10.2. The molecule has 0 saturated heterocycles. The number of thiazole rings is 1. The van der Waals surface area contributed by atoms with E-state index in [1.54, 1.807) is 11.3 Å². The van der Waals surface area contributed by atoms with Gasteiger partial charge in [0.25, 0.3) is 0 Å². The Balaban J connectivity index is 2.13. The molecule has 17 heavy (non-hydrogen) atoms. The summed E-state index contributed by atoms with van der Waals surface area (Å²) in [6.45, 7) is 3.15. The van der Waals surface area contributed by atoms with Gasteiger partial charge in [-0.25, -0.2) is 4.98 Å². The number of nitrogens with one attached hydrogen (secondary N) is 1. The largest absolute Gasteiger partial charge is 0.320 e. The van der Waals surface area contributed by atoms with Crippen LogP contribution in [0.25, 0.3) is 10.6 Å². The molecule has 0 spiro atoms. The fourth-order valence-electron chi connectivity index (χ4n) is 1.70. The molecule has 0 aliphatic heterocycles. The second-order valence-corrected chi connectivity index (χ2v) is 5.05. The number of nitrogens with zero attached hydrogens (tertiary/aromatic N) is 2. The molecule has 2 heterocycles. The van der Waals surface area contributed by atoms with E-state index in [0.29, 0.717) is 0 Å². The van der Waals surface area contributed by atoms with E-state index < -0.39 is 0 Å². The Labute approximate surface area is 106 Å². The number of hydrogen-bond donors (Lipinski definition) is 1. The van der Waals surface area contributed by atoms with Crippen molar-refractivity contribution < 1.29 is 0 Å². The lowest BCUT2D eigenvalue weighted by Gasteiger charge is -1.97. The van der Waals surface area contributed by atoms with Crippen LogP contribution < -0.4 is 5.32 Å². The molecule has 0 aromatic carbocycles. The number of hydrogen-bond acceptors (Lipinski definition) is 4. The zero-order valence-corrected chi connectivity index (χ0v) is 11.0. The van der Waals surface area contributed by atoms with Crippen molar-refractivity contribution in [3.05, 3.63) is 35.1 Å². The molecule has 4 heteroatoms. The molecule has 3 nitrogen and oxygen atoms in total. The molecule has 90 valence electrons. The third kappa shape index (κ3) is 3.11. The summed E-state index contributed by atoms with van der Waals surface area (Å²) in [6.07, 6.45) is 5.89. The molecule has 0 fully saturated rings. The van der Waals surface area contributed by atoms with Gasteiger partial charge in [0, 0.05) is 22.8 Å². The Morgan fingerprint density at radius 2 is 2.06 bits per heavy atom. The minimum atomic E-state index is 1.06. The summed E-state index contributed by atoms with van der Waals surface area (Å²) in [7, 11) is 1.99. The highest BCUT2D eigenvalue weighted by Crippen LogP contribution is 2.28. The van der Waals surface area contributed by atoms with Crippen LogP contribution in [-0.2, 0) is 6.42 Å². The van der Waals surface area contributed by atoms with Gasteiger partial charge < -0.3 is 5.32 Å². The second kappa shape index (κ2) is 5.89. The molecule has 0 aliphatic rings. The maximum atomic E-state index is 4.63. The second-order valence-electron chi connectivity index (χ2n) is 3.97. The molecule has 0 aliphatic carbocycles. The molecule has 2 aromatic rings. The van der Waals surface area contributed by atoms with Crippen LogP contribution >= 0.6 is 11.3 Å². The van der Waals surface area contributed by atoms with E-state index in [1.165, 1.54) is 4.88 Å². The summed E-state index contributed by atoms with van der Waals surface area (Å²) >= 11 is 1.80. The van der Waals surface area contributed by atoms with Crippen molar-refractivity contribution in [2.75, 3.05) is 13.6 Å². The minimum absolute atomic E-state index is 1.06. The molecule has 0 atom stereocenters. The van der Waals surface area contributed by atoms with Crippen LogP contribution in [0.15, 0.2) is 24.5 Å². The molecule has 0 bridgehead atoms. The predicted molar refractivity (Wildman–Crippen MR) is 72.3 cm³/mol. The topological polar surface area (TPSA) is 37.8 Å². The van der Waals surface area contributed by atoms with E-state index in [0.717, 1.165) is 35.7 Å². The number of aryl methyl sites for hydroxylation is 2. The summed E-state index contributed by atoms with van der Waals surface area (Å²) in [6, 6.07) is 4.02. The van der Waals surface area contributed by atoms with Crippen LogP contribution in [0.4, 0.5) is 0 Å². The van der Waals surface area contributed by atoms with Gasteiger partial charge in [-0.05, 0) is 45.5 Å². The number of pyridine rings is 1. The monoisotopic (exact) mass is 247 g/mol. The molecular formula is C13H17N3S. The van der Waals surface area contributed by atoms with E-state index in [4.69, 9.17) is 0 Å². The fraction of sp³-hybridized carbons (Fsp3) is 0.385. The predicted octanol–water partition coefficient (Wildman–Crippen LogP) is 2.67. The first kappa shape index (κ1) is 12.2. The number of aromatic nitrogens is 2. The summed E-state index contributed by atoms with van der Waals surface area (Å²) in [5.41, 5.74) is 2.32. The van der Waals surface area contributed by atoms with Gasteiger partial charge >= 0.3 is 0 Å².